The summed E-state index contributed by atoms with van der Waals surface area (Å²) < 4.78 is 10.4. The highest BCUT2D eigenvalue weighted by Crippen LogP contribution is 2.33. The lowest BCUT2D eigenvalue weighted by Gasteiger charge is -2.24. The number of ether oxygens (including phenoxy) is 2. The van der Waals surface area contributed by atoms with E-state index in [1.807, 2.05) is 0 Å². The fraction of sp³-hybridized carbons (Fsp3) is 0.538. The van der Waals surface area contributed by atoms with Crippen LogP contribution in [0.15, 0.2) is 12.1 Å². The van der Waals surface area contributed by atoms with Crippen molar-refractivity contribution in [3.05, 3.63) is 22.7 Å². The second-order valence-corrected chi connectivity index (χ2v) is 5.27. The molecule has 1 unspecified atom stereocenters. The maximum atomic E-state index is 10.0. The van der Waals surface area contributed by atoms with Gasteiger partial charge >= 0.3 is 0 Å². The van der Waals surface area contributed by atoms with Crippen LogP contribution in [0.1, 0.15) is 18.9 Å². The first-order chi connectivity index (χ1) is 8.54. The standard InChI is InChI=1S/C13H18ClNO3/c1-13(3-4-18-8-13)15-7-9-5-10(14)6-11(17-2)12(9)16/h5-6,15-16H,3-4,7-8H2,1-2H3. The highest BCUT2D eigenvalue weighted by molar-refractivity contribution is 6.30. The number of halogens is 1. The van der Waals surface area contributed by atoms with Crippen molar-refractivity contribution in [3.8, 4) is 11.5 Å². The Bertz CT molecular complexity index is 430. The second kappa shape index (κ2) is 5.34. The van der Waals surface area contributed by atoms with E-state index in [1.165, 1.54) is 7.11 Å². The molecule has 0 spiro atoms. The van der Waals surface area contributed by atoms with Crippen LogP contribution >= 0.6 is 11.6 Å². The zero-order valence-corrected chi connectivity index (χ0v) is 11.4. The van der Waals surface area contributed by atoms with Gasteiger partial charge in [0.25, 0.3) is 0 Å². The third kappa shape index (κ3) is 2.88. The fourth-order valence-electron chi connectivity index (χ4n) is 2.03. The van der Waals surface area contributed by atoms with Crippen molar-refractivity contribution in [3.63, 3.8) is 0 Å². The van der Waals surface area contributed by atoms with Crippen LogP contribution in [0.25, 0.3) is 0 Å². The van der Waals surface area contributed by atoms with E-state index in [2.05, 4.69) is 12.2 Å². The zero-order valence-electron chi connectivity index (χ0n) is 10.6. The Morgan fingerprint density at radius 1 is 1.56 bits per heavy atom. The Kier molecular flexibility index (Phi) is 4.00. The maximum Gasteiger partial charge on any atom is 0.162 e. The summed E-state index contributed by atoms with van der Waals surface area (Å²) in [6, 6.07) is 3.34. The molecule has 1 fully saturated rings. The summed E-state index contributed by atoms with van der Waals surface area (Å²) in [5, 5.41) is 14.0. The third-order valence-corrected chi connectivity index (χ3v) is 3.48. The van der Waals surface area contributed by atoms with Gasteiger partial charge in [0.1, 0.15) is 0 Å². The molecule has 1 aliphatic heterocycles. The number of hydrogen-bond donors (Lipinski definition) is 2. The largest absolute Gasteiger partial charge is 0.504 e. The monoisotopic (exact) mass is 271 g/mol. The molecule has 0 amide bonds. The van der Waals surface area contributed by atoms with E-state index in [1.54, 1.807) is 12.1 Å². The molecule has 2 rings (SSSR count). The number of hydrogen-bond acceptors (Lipinski definition) is 4. The molecule has 1 aromatic carbocycles. The predicted octanol–water partition coefficient (Wildman–Crippen LogP) is 2.32. The quantitative estimate of drug-likeness (QED) is 0.882. The Morgan fingerprint density at radius 3 is 2.94 bits per heavy atom. The van der Waals surface area contributed by atoms with Crippen molar-refractivity contribution < 1.29 is 14.6 Å². The number of benzene rings is 1. The second-order valence-electron chi connectivity index (χ2n) is 4.83. The summed E-state index contributed by atoms with van der Waals surface area (Å²) in [5.41, 5.74) is 0.689. The zero-order chi connectivity index (χ0) is 13.2. The van der Waals surface area contributed by atoms with Crippen LogP contribution in [0.2, 0.25) is 5.02 Å². The lowest BCUT2D eigenvalue weighted by molar-refractivity contribution is 0.171. The molecule has 0 radical (unpaired) electrons. The Hall–Kier alpha value is -0.970. The normalized spacial score (nSPS) is 23.3. The molecule has 100 valence electrons. The van der Waals surface area contributed by atoms with Gasteiger partial charge < -0.3 is 19.9 Å². The predicted molar refractivity (Wildman–Crippen MR) is 70.3 cm³/mol. The lowest BCUT2D eigenvalue weighted by Crippen LogP contribution is -2.42. The molecule has 0 aliphatic carbocycles. The topological polar surface area (TPSA) is 50.7 Å². The average molecular weight is 272 g/mol. The van der Waals surface area contributed by atoms with E-state index < -0.39 is 0 Å². The van der Waals surface area contributed by atoms with Gasteiger partial charge in [-0.05, 0) is 19.4 Å². The Balaban J connectivity index is 2.11. The van der Waals surface area contributed by atoms with E-state index in [0.717, 1.165) is 18.6 Å². The van der Waals surface area contributed by atoms with Crippen molar-refractivity contribution >= 4 is 11.6 Å². The van der Waals surface area contributed by atoms with Crippen LogP contribution in [0.5, 0.6) is 11.5 Å². The summed E-state index contributed by atoms with van der Waals surface area (Å²) >= 11 is 5.99. The molecule has 4 nitrogen and oxygen atoms in total. The van der Waals surface area contributed by atoms with Crippen LogP contribution < -0.4 is 10.1 Å². The highest BCUT2D eigenvalue weighted by Gasteiger charge is 2.29. The molecule has 1 heterocycles. The molecule has 0 bridgehead atoms. The van der Waals surface area contributed by atoms with Gasteiger partial charge in [0, 0.05) is 35.3 Å². The van der Waals surface area contributed by atoms with E-state index in [9.17, 15) is 5.11 Å². The van der Waals surface area contributed by atoms with E-state index >= 15 is 0 Å². The SMILES string of the molecule is COc1cc(Cl)cc(CNC2(C)CCOC2)c1O. The third-order valence-electron chi connectivity index (χ3n) is 3.26. The Morgan fingerprint density at radius 2 is 2.33 bits per heavy atom. The molecule has 1 aromatic rings. The van der Waals surface area contributed by atoms with Crippen molar-refractivity contribution in [1.82, 2.24) is 5.32 Å². The Labute approximate surface area is 112 Å². The maximum absolute atomic E-state index is 10.0. The van der Waals surface area contributed by atoms with Gasteiger partial charge in [0.15, 0.2) is 11.5 Å². The minimum absolute atomic E-state index is 0.0397. The molecule has 5 heteroatoms. The first-order valence-corrected chi connectivity index (χ1v) is 6.30. The van der Waals surface area contributed by atoms with E-state index in [0.29, 0.717) is 23.9 Å². The number of rotatable bonds is 4. The summed E-state index contributed by atoms with van der Waals surface area (Å²) in [5.74, 6) is 0.532. The molecule has 2 N–H and O–H groups in total. The average Bonchev–Trinajstić information content (AvgIpc) is 2.77. The molecule has 0 saturated carbocycles. The first-order valence-electron chi connectivity index (χ1n) is 5.92. The number of nitrogens with one attached hydrogen (secondary N) is 1. The van der Waals surface area contributed by atoms with Crippen LogP contribution in [0.4, 0.5) is 0 Å². The number of phenolic OH excluding ortho intramolecular Hbond substituents is 1. The van der Waals surface area contributed by atoms with Crippen LogP contribution in [0, 0.1) is 0 Å². The van der Waals surface area contributed by atoms with Crippen molar-refractivity contribution in [2.75, 3.05) is 20.3 Å². The minimum Gasteiger partial charge on any atom is -0.504 e. The van der Waals surface area contributed by atoms with E-state index in [4.69, 9.17) is 21.1 Å². The molecule has 1 saturated heterocycles. The van der Waals surface area contributed by atoms with Crippen molar-refractivity contribution in [2.24, 2.45) is 0 Å². The summed E-state index contributed by atoms with van der Waals surface area (Å²) in [4.78, 5) is 0. The van der Waals surface area contributed by atoms with Crippen LogP contribution in [0.3, 0.4) is 0 Å². The minimum atomic E-state index is -0.0397. The van der Waals surface area contributed by atoms with Crippen LogP contribution in [-0.2, 0) is 11.3 Å². The van der Waals surface area contributed by atoms with Gasteiger partial charge in [-0.2, -0.15) is 0 Å². The van der Waals surface area contributed by atoms with Gasteiger partial charge in [-0.1, -0.05) is 11.6 Å². The highest BCUT2D eigenvalue weighted by atomic mass is 35.5. The molecule has 18 heavy (non-hydrogen) atoms. The van der Waals surface area contributed by atoms with Crippen LogP contribution in [-0.4, -0.2) is 31.0 Å². The van der Waals surface area contributed by atoms with Gasteiger partial charge in [-0.25, -0.2) is 0 Å². The first kappa shape index (κ1) is 13.5. The molecule has 1 aliphatic rings. The van der Waals surface area contributed by atoms with Gasteiger partial charge in [-0.15, -0.1) is 0 Å². The molecular weight excluding hydrogens is 254 g/mol. The van der Waals surface area contributed by atoms with Crippen molar-refractivity contribution in [1.29, 1.82) is 0 Å². The smallest absolute Gasteiger partial charge is 0.162 e. The van der Waals surface area contributed by atoms with E-state index in [-0.39, 0.29) is 11.3 Å². The number of aromatic hydroxyl groups is 1. The van der Waals surface area contributed by atoms with Gasteiger partial charge in [0.2, 0.25) is 0 Å². The summed E-state index contributed by atoms with van der Waals surface area (Å²) in [6.07, 6.45) is 0.964. The summed E-state index contributed by atoms with van der Waals surface area (Å²) in [7, 11) is 1.51. The molecule has 0 aromatic heterocycles. The molecule has 1 atom stereocenters. The fourth-order valence-corrected chi connectivity index (χ4v) is 2.26. The van der Waals surface area contributed by atoms with Gasteiger partial charge in [-0.3, -0.25) is 0 Å². The number of methoxy groups -OCH3 is 1. The number of phenols is 1. The van der Waals surface area contributed by atoms with Gasteiger partial charge in [0.05, 0.1) is 13.7 Å². The lowest BCUT2D eigenvalue weighted by atomic mass is 10.0. The summed E-state index contributed by atoms with van der Waals surface area (Å²) in [6.45, 7) is 4.10. The van der Waals surface area contributed by atoms with Crippen molar-refractivity contribution in [2.45, 2.75) is 25.4 Å². The molecular formula is C13H18ClNO3.